The molecule has 0 aliphatic heterocycles. The molecule has 1 aromatic rings. The summed E-state index contributed by atoms with van der Waals surface area (Å²) in [5.74, 6) is 3.19. The van der Waals surface area contributed by atoms with Crippen LogP contribution in [-0.4, -0.2) is 14.3 Å². The minimum atomic E-state index is -3.67. The average Bonchev–Trinajstić information content (AvgIpc) is 2.84. The molecule has 3 aliphatic carbocycles. The highest BCUT2D eigenvalue weighted by atomic mass is 35.7. The van der Waals surface area contributed by atoms with Gasteiger partial charge in [-0.15, -0.1) is 11.3 Å². The molecule has 1 heterocycles. The predicted molar refractivity (Wildman–Crippen MR) is 80.5 cm³/mol. The van der Waals surface area contributed by atoms with Gasteiger partial charge in [-0.3, -0.25) is 4.79 Å². The van der Waals surface area contributed by atoms with Crippen molar-refractivity contribution in [2.45, 2.75) is 30.0 Å². The van der Waals surface area contributed by atoms with E-state index in [1.165, 1.54) is 25.3 Å². The van der Waals surface area contributed by atoms with E-state index in [9.17, 15) is 13.2 Å². The third kappa shape index (κ3) is 2.32. The molecule has 3 fully saturated rings. The van der Waals surface area contributed by atoms with E-state index in [0.29, 0.717) is 18.4 Å². The summed E-state index contributed by atoms with van der Waals surface area (Å²) < 4.78 is 22.5. The molecular weight excluding hydrogens is 330 g/mol. The van der Waals surface area contributed by atoms with E-state index in [4.69, 9.17) is 10.7 Å². The third-order valence-corrected chi connectivity index (χ3v) is 8.53. The van der Waals surface area contributed by atoms with Crippen molar-refractivity contribution in [3.05, 3.63) is 17.0 Å². The fourth-order valence-electron chi connectivity index (χ4n) is 4.55. The van der Waals surface area contributed by atoms with Crippen molar-refractivity contribution < 1.29 is 13.2 Å². The molecule has 3 saturated carbocycles. The van der Waals surface area contributed by atoms with Crippen LogP contribution in [-0.2, 0) is 20.4 Å². The minimum absolute atomic E-state index is 0.134. The van der Waals surface area contributed by atoms with Gasteiger partial charge in [-0.25, -0.2) is 8.42 Å². The summed E-state index contributed by atoms with van der Waals surface area (Å²) in [7, 11) is 1.63. The van der Waals surface area contributed by atoms with Crippen LogP contribution in [0.25, 0.3) is 0 Å². The van der Waals surface area contributed by atoms with E-state index in [1.54, 1.807) is 6.07 Å². The Bertz CT molecular complexity index is 683. The minimum Gasteiger partial charge on any atom is -0.351 e. The summed E-state index contributed by atoms with van der Waals surface area (Å²) in [6, 6.07) is 3.19. The molecular formula is C14H16ClNO3S2. The zero-order valence-corrected chi connectivity index (χ0v) is 13.7. The van der Waals surface area contributed by atoms with Crippen LogP contribution in [0.2, 0.25) is 0 Å². The number of halogens is 1. The zero-order chi connectivity index (χ0) is 14.8. The SMILES string of the molecule is O=C(NCc1ccc(S(=O)(=O)Cl)s1)C1C2C3CCC(C3)C12. The maximum Gasteiger partial charge on any atom is 0.270 e. The van der Waals surface area contributed by atoms with Crippen LogP contribution in [0.15, 0.2) is 16.3 Å². The Morgan fingerprint density at radius 3 is 2.52 bits per heavy atom. The molecule has 4 unspecified atom stereocenters. The predicted octanol–water partition coefficient (Wildman–Crippen LogP) is 2.58. The van der Waals surface area contributed by atoms with Gasteiger partial charge in [0.05, 0.1) is 6.54 Å². The molecule has 0 saturated heterocycles. The van der Waals surface area contributed by atoms with Gasteiger partial charge in [-0.2, -0.15) is 0 Å². The third-order valence-electron chi connectivity index (χ3n) is 5.35. The number of rotatable bonds is 4. The monoisotopic (exact) mass is 345 g/mol. The van der Waals surface area contributed by atoms with E-state index < -0.39 is 9.05 Å². The second-order valence-electron chi connectivity index (χ2n) is 6.39. The van der Waals surface area contributed by atoms with Gasteiger partial charge in [-0.05, 0) is 55.1 Å². The molecule has 0 radical (unpaired) electrons. The van der Waals surface area contributed by atoms with Crippen LogP contribution in [0.4, 0.5) is 0 Å². The van der Waals surface area contributed by atoms with E-state index in [1.807, 2.05) is 0 Å². The second-order valence-corrected chi connectivity index (χ2v) is 10.4. The Balaban J connectivity index is 1.36. The number of hydrogen-bond donors (Lipinski definition) is 1. The van der Waals surface area contributed by atoms with Crippen molar-refractivity contribution in [1.82, 2.24) is 5.32 Å². The van der Waals surface area contributed by atoms with Crippen molar-refractivity contribution in [3.63, 3.8) is 0 Å². The normalized spacial score (nSPS) is 36.5. The zero-order valence-electron chi connectivity index (χ0n) is 11.3. The van der Waals surface area contributed by atoms with E-state index in [0.717, 1.165) is 28.0 Å². The fraction of sp³-hybridized carbons (Fsp3) is 0.643. The van der Waals surface area contributed by atoms with Crippen molar-refractivity contribution in [2.24, 2.45) is 29.6 Å². The molecule has 1 amide bonds. The Hall–Kier alpha value is -0.590. The van der Waals surface area contributed by atoms with Gasteiger partial charge >= 0.3 is 0 Å². The summed E-state index contributed by atoms with van der Waals surface area (Å²) in [4.78, 5) is 13.1. The first-order valence-corrected chi connectivity index (χ1v) is 10.4. The molecule has 2 bridgehead atoms. The molecule has 4 atom stereocenters. The lowest BCUT2D eigenvalue weighted by molar-refractivity contribution is -0.123. The maximum absolute atomic E-state index is 12.3. The number of nitrogens with one attached hydrogen (secondary N) is 1. The summed E-state index contributed by atoms with van der Waals surface area (Å²) in [6.45, 7) is 0.390. The summed E-state index contributed by atoms with van der Waals surface area (Å²) in [6.07, 6.45) is 3.94. The van der Waals surface area contributed by atoms with Gasteiger partial charge < -0.3 is 5.32 Å². The highest BCUT2D eigenvalue weighted by Crippen LogP contribution is 2.69. The standard InChI is InChI=1S/C14H16ClNO3S2/c15-21(18,19)10-4-3-9(20-10)6-16-14(17)13-11-7-1-2-8(5-7)12(11)13/h3-4,7-8,11-13H,1-2,5-6H2,(H,16,17). The lowest BCUT2D eigenvalue weighted by Gasteiger charge is -2.08. The first-order valence-electron chi connectivity index (χ1n) is 7.26. The topological polar surface area (TPSA) is 63.2 Å². The van der Waals surface area contributed by atoms with Crippen molar-refractivity contribution in [2.75, 3.05) is 0 Å². The van der Waals surface area contributed by atoms with Crippen LogP contribution in [0, 0.1) is 29.6 Å². The average molecular weight is 346 g/mol. The number of hydrogen-bond acceptors (Lipinski definition) is 4. The number of fused-ring (bicyclic) bond motifs is 5. The Morgan fingerprint density at radius 1 is 1.29 bits per heavy atom. The van der Waals surface area contributed by atoms with Crippen molar-refractivity contribution in [1.29, 1.82) is 0 Å². The molecule has 114 valence electrons. The first-order chi connectivity index (χ1) is 9.95. The van der Waals surface area contributed by atoms with Gasteiger partial charge in [0.15, 0.2) is 0 Å². The van der Waals surface area contributed by atoms with Crippen LogP contribution in [0.3, 0.4) is 0 Å². The van der Waals surface area contributed by atoms with Gasteiger partial charge in [-0.1, -0.05) is 0 Å². The first kappa shape index (κ1) is 14.0. The van der Waals surface area contributed by atoms with Crippen LogP contribution < -0.4 is 5.32 Å². The van der Waals surface area contributed by atoms with Crippen molar-refractivity contribution in [3.8, 4) is 0 Å². The maximum atomic E-state index is 12.3. The Labute approximate surface area is 132 Å². The van der Waals surface area contributed by atoms with Gasteiger partial charge in [0.2, 0.25) is 5.91 Å². The van der Waals surface area contributed by atoms with Gasteiger partial charge in [0, 0.05) is 21.5 Å². The lowest BCUT2D eigenvalue weighted by Crippen LogP contribution is -2.26. The Morgan fingerprint density at radius 2 is 1.95 bits per heavy atom. The quantitative estimate of drug-likeness (QED) is 0.853. The molecule has 21 heavy (non-hydrogen) atoms. The van der Waals surface area contributed by atoms with E-state index in [-0.39, 0.29) is 16.0 Å². The van der Waals surface area contributed by atoms with Crippen LogP contribution in [0.5, 0.6) is 0 Å². The summed E-state index contributed by atoms with van der Waals surface area (Å²) >= 11 is 1.11. The second kappa shape index (κ2) is 4.70. The summed E-state index contributed by atoms with van der Waals surface area (Å²) in [5, 5.41) is 2.96. The molecule has 4 rings (SSSR count). The number of thiophene rings is 1. The van der Waals surface area contributed by atoms with Crippen molar-refractivity contribution >= 4 is 37.0 Å². The highest BCUT2D eigenvalue weighted by molar-refractivity contribution is 8.15. The van der Waals surface area contributed by atoms with Gasteiger partial charge in [0.1, 0.15) is 4.21 Å². The number of carbonyl (C=O) groups is 1. The molecule has 1 aromatic heterocycles. The fourth-order valence-corrected chi connectivity index (χ4v) is 6.61. The molecule has 7 heteroatoms. The molecule has 4 nitrogen and oxygen atoms in total. The number of amides is 1. The molecule has 0 aromatic carbocycles. The molecule has 3 aliphatic rings. The highest BCUT2D eigenvalue weighted by Gasteiger charge is 2.67. The molecule has 0 spiro atoms. The smallest absolute Gasteiger partial charge is 0.270 e. The van der Waals surface area contributed by atoms with Crippen LogP contribution in [0.1, 0.15) is 24.1 Å². The van der Waals surface area contributed by atoms with Crippen LogP contribution >= 0.6 is 22.0 Å². The summed E-state index contributed by atoms with van der Waals surface area (Å²) in [5.41, 5.74) is 0. The Kier molecular flexibility index (Phi) is 3.14. The van der Waals surface area contributed by atoms with E-state index in [2.05, 4.69) is 5.32 Å². The molecule has 1 N–H and O–H groups in total. The van der Waals surface area contributed by atoms with E-state index >= 15 is 0 Å². The lowest BCUT2D eigenvalue weighted by atomic mass is 10.0. The largest absolute Gasteiger partial charge is 0.351 e. The van der Waals surface area contributed by atoms with Gasteiger partial charge in [0.25, 0.3) is 9.05 Å². The number of carbonyl (C=O) groups excluding carboxylic acids is 1.